The van der Waals surface area contributed by atoms with Crippen LogP contribution in [0.15, 0.2) is 24.4 Å². The number of pyridine rings is 1. The normalized spacial score (nSPS) is 10.8. The fourth-order valence-electron chi connectivity index (χ4n) is 2.61. The Bertz CT molecular complexity index is 319. The monoisotopic (exact) mass is 262 g/mol. The van der Waals surface area contributed by atoms with E-state index in [-0.39, 0.29) is 0 Å². The average Bonchev–Trinajstić information content (AvgIpc) is 2.43. The highest BCUT2D eigenvalue weighted by atomic mass is 14.9. The molecule has 1 heterocycles. The van der Waals surface area contributed by atoms with Crippen LogP contribution in [-0.2, 0) is 13.5 Å². The molecule has 0 unspecified atom stereocenters. The lowest BCUT2D eigenvalue weighted by Gasteiger charge is -2.02. The van der Waals surface area contributed by atoms with Crippen LogP contribution in [0.4, 0.5) is 0 Å². The number of nitrogens with zero attached hydrogens (tertiary/aromatic N) is 1. The van der Waals surface area contributed by atoms with Gasteiger partial charge < -0.3 is 0 Å². The maximum absolute atomic E-state index is 2.28. The fourth-order valence-corrected chi connectivity index (χ4v) is 2.61. The van der Waals surface area contributed by atoms with Crippen molar-refractivity contribution in [3.05, 3.63) is 30.1 Å². The Balaban J connectivity index is 1.90. The van der Waals surface area contributed by atoms with E-state index in [9.17, 15) is 0 Å². The maximum atomic E-state index is 2.28. The molecule has 0 spiro atoms. The highest BCUT2D eigenvalue weighted by molar-refractivity contribution is 4.96. The van der Waals surface area contributed by atoms with Gasteiger partial charge >= 0.3 is 0 Å². The molecular weight excluding hydrogens is 230 g/mol. The van der Waals surface area contributed by atoms with Crippen molar-refractivity contribution < 1.29 is 4.57 Å². The molecule has 0 aliphatic carbocycles. The summed E-state index contributed by atoms with van der Waals surface area (Å²) in [5.41, 5.74) is 1.46. The van der Waals surface area contributed by atoms with Crippen molar-refractivity contribution in [2.45, 2.75) is 77.6 Å². The molecule has 0 radical (unpaired) electrons. The van der Waals surface area contributed by atoms with Crippen molar-refractivity contribution in [1.82, 2.24) is 0 Å². The van der Waals surface area contributed by atoms with Gasteiger partial charge in [0.05, 0.1) is 0 Å². The van der Waals surface area contributed by atoms with Crippen LogP contribution in [0, 0.1) is 0 Å². The molecule has 0 amide bonds. The lowest BCUT2D eigenvalue weighted by molar-refractivity contribution is -0.679. The van der Waals surface area contributed by atoms with Crippen molar-refractivity contribution in [2.24, 2.45) is 7.05 Å². The van der Waals surface area contributed by atoms with Gasteiger partial charge in [-0.2, -0.15) is 0 Å². The predicted octanol–water partition coefficient (Wildman–Crippen LogP) is 4.97. The summed E-state index contributed by atoms with van der Waals surface area (Å²) in [7, 11) is 2.14. The van der Waals surface area contributed by atoms with Crippen molar-refractivity contribution in [1.29, 1.82) is 0 Å². The molecule has 1 rings (SSSR count). The minimum absolute atomic E-state index is 1.23. The summed E-state index contributed by atoms with van der Waals surface area (Å²) in [5, 5.41) is 0. The Hall–Kier alpha value is -0.850. The molecule has 1 nitrogen and oxygen atoms in total. The minimum Gasteiger partial charge on any atom is -0.205 e. The average molecular weight is 262 g/mol. The zero-order valence-electron chi connectivity index (χ0n) is 13.0. The Kier molecular flexibility index (Phi) is 9.40. The maximum Gasteiger partial charge on any atom is 0.181 e. The molecule has 1 aromatic heterocycles. The molecule has 0 aliphatic heterocycles. The summed E-state index contributed by atoms with van der Waals surface area (Å²) in [6, 6.07) is 6.49. The summed E-state index contributed by atoms with van der Waals surface area (Å²) in [5.74, 6) is 0. The molecule has 0 aromatic carbocycles. The van der Waals surface area contributed by atoms with E-state index in [0.717, 1.165) is 0 Å². The summed E-state index contributed by atoms with van der Waals surface area (Å²) in [6.07, 6.45) is 17.5. The first-order valence-electron chi connectivity index (χ1n) is 8.28. The topological polar surface area (TPSA) is 3.88 Å². The first kappa shape index (κ1) is 16.2. The second-order valence-corrected chi connectivity index (χ2v) is 5.73. The third-order valence-electron chi connectivity index (χ3n) is 3.95. The summed E-state index contributed by atoms with van der Waals surface area (Å²) in [6.45, 7) is 2.28. The van der Waals surface area contributed by atoms with Crippen molar-refractivity contribution in [3.8, 4) is 0 Å². The number of hydrogen-bond acceptors (Lipinski definition) is 0. The highest BCUT2D eigenvalue weighted by Crippen LogP contribution is 2.11. The van der Waals surface area contributed by atoms with Crippen LogP contribution < -0.4 is 4.57 Å². The van der Waals surface area contributed by atoms with E-state index in [1.807, 2.05) is 0 Å². The number of rotatable bonds is 11. The summed E-state index contributed by atoms with van der Waals surface area (Å²) in [4.78, 5) is 0. The van der Waals surface area contributed by atoms with Crippen LogP contribution >= 0.6 is 0 Å². The van der Waals surface area contributed by atoms with Gasteiger partial charge in [-0.1, -0.05) is 70.8 Å². The lowest BCUT2D eigenvalue weighted by Crippen LogP contribution is -2.32. The third-order valence-corrected chi connectivity index (χ3v) is 3.95. The molecule has 0 saturated heterocycles. The number of aromatic nitrogens is 1. The highest BCUT2D eigenvalue weighted by Gasteiger charge is 2.03. The predicted molar refractivity (Wildman–Crippen MR) is 83.2 cm³/mol. The van der Waals surface area contributed by atoms with Gasteiger partial charge in [0.2, 0.25) is 0 Å². The van der Waals surface area contributed by atoms with E-state index in [1.54, 1.807) is 0 Å². The van der Waals surface area contributed by atoms with E-state index in [2.05, 4.69) is 42.9 Å². The molecule has 1 aromatic rings. The van der Waals surface area contributed by atoms with Crippen molar-refractivity contribution >= 4 is 0 Å². The molecule has 0 atom stereocenters. The Morgan fingerprint density at radius 2 is 1.37 bits per heavy atom. The Morgan fingerprint density at radius 3 is 1.95 bits per heavy atom. The van der Waals surface area contributed by atoms with Crippen LogP contribution in [0.5, 0.6) is 0 Å². The fraction of sp³-hybridized carbons (Fsp3) is 0.722. The second-order valence-electron chi connectivity index (χ2n) is 5.73. The van der Waals surface area contributed by atoms with Gasteiger partial charge in [0, 0.05) is 18.6 Å². The number of hydrogen-bond donors (Lipinski definition) is 0. The van der Waals surface area contributed by atoms with Crippen LogP contribution in [0.2, 0.25) is 0 Å². The molecule has 19 heavy (non-hydrogen) atoms. The molecule has 0 fully saturated rings. The smallest absolute Gasteiger partial charge is 0.181 e. The summed E-state index contributed by atoms with van der Waals surface area (Å²) >= 11 is 0. The third kappa shape index (κ3) is 8.02. The minimum atomic E-state index is 1.23. The second kappa shape index (κ2) is 11.0. The van der Waals surface area contributed by atoms with Crippen LogP contribution in [-0.4, -0.2) is 0 Å². The zero-order valence-corrected chi connectivity index (χ0v) is 13.0. The zero-order chi connectivity index (χ0) is 13.8. The van der Waals surface area contributed by atoms with E-state index in [4.69, 9.17) is 0 Å². The SMILES string of the molecule is CCCCCCCCCCCCc1cccc[n+]1C. The van der Waals surface area contributed by atoms with Gasteiger partial charge in [0.15, 0.2) is 11.9 Å². The van der Waals surface area contributed by atoms with Gasteiger partial charge in [-0.25, -0.2) is 4.57 Å². The first-order valence-corrected chi connectivity index (χ1v) is 8.28. The quantitative estimate of drug-likeness (QED) is 0.391. The van der Waals surface area contributed by atoms with E-state index in [0.29, 0.717) is 0 Å². The van der Waals surface area contributed by atoms with Crippen LogP contribution in [0.3, 0.4) is 0 Å². The molecule has 0 bridgehead atoms. The molecule has 1 heteroatoms. The standard InChI is InChI=1S/C18H32N/c1-3-4-5-6-7-8-9-10-11-12-15-18-16-13-14-17-19(18)2/h13-14,16-17H,3-12,15H2,1-2H3/q+1. The van der Waals surface area contributed by atoms with Gasteiger partial charge in [0.25, 0.3) is 0 Å². The van der Waals surface area contributed by atoms with E-state index >= 15 is 0 Å². The Labute approximate surface area is 120 Å². The lowest BCUT2D eigenvalue weighted by atomic mass is 10.1. The Morgan fingerprint density at radius 1 is 0.789 bits per heavy atom. The first-order chi connectivity index (χ1) is 9.34. The van der Waals surface area contributed by atoms with Crippen LogP contribution in [0.25, 0.3) is 0 Å². The molecule has 108 valence electrons. The van der Waals surface area contributed by atoms with Gasteiger partial charge in [-0.15, -0.1) is 0 Å². The summed E-state index contributed by atoms with van der Waals surface area (Å²) < 4.78 is 2.24. The number of unbranched alkanes of at least 4 members (excludes halogenated alkanes) is 9. The van der Waals surface area contributed by atoms with Crippen molar-refractivity contribution in [2.75, 3.05) is 0 Å². The van der Waals surface area contributed by atoms with Crippen molar-refractivity contribution in [3.63, 3.8) is 0 Å². The largest absolute Gasteiger partial charge is 0.205 e. The molecule has 0 aliphatic rings. The van der Waals surface area contributed by atoms with Crippen LogP contribution in [0.1, 0.15) is 76.8 Å². The van der Waals surface area contributed by atoms with Gasteiger partial charge in [-0.3, -0.25) is 0 Å². The van der Waals surface area contributed by atoms with Gasteiger partial charge in [-0.05, 0) is 6.42 Å². The molecule has 0 saturated carbocycles. The van der Waals surface area contributed by atoms with E-state index in [1.165, 1.54) is 76.3 Å². The molecular formula is C18H32N+. The van der Waals surface area contributed by atoms with Gasteiger partial charge in [0.1, 0.15) is 7.05 Å². The van der Waals surface area contributed by atoms with E-state index < -0.39 is 0 Å². The molecule has 0 N–H and O–H groups in total. The number of aryl methyl sites for hydroxylation is 2.